The molecule has 0 saturated heterocycles. The molecule has 4 aromatic rings. The van der Waals surface area contributed by atoms with E-state index in [2.05, 4.69) is 10.3 Å². The molecule has 154 valence electrons. The number of hydrogen-bond acceptors (Lipinski definition) is 6. The Morgan fingerprint density at radius 3 is 2.80 bits per heavy atom. The van der Waals surface area contributed by atoms with Crippen molar-refractivity contribution in [2.24, 2.45) is 0 Å². The Balaban J connectivity index is 1.56. The van der Waals surface area contributed by atoms with Gasteiger partial charge in [-0.05, 0) is 56.0 Å². The number of fused-ring (bicyclic) bond motifs is 1. The summed E-state index contributed by atoms with van der Waals surface area (Å²) in [5, 5.41) is 7.35. The average molecular weight is 440 g/mol. The van der Waals surface area contributed by atoms with E-state index in [9.17, 15) is 9.59 Å². The van der Waals surface area contributed by atoms with E-state index >= 15 is 0 Å². The van der Waals surface area contributed by atoms with Crippen LogP contribution in [0.1, 0.15) is 19.4 Å². The maximum absolute atomic E-state index is 13.0. The molecular formula is C22H21N3O3S2. The second kappa shape index (κ2) is 8.41. The maximum Gasteiger partial charge on any atom is 0.263 e. The highest BCUT2D eigenvalue weighted by molar-refractivity contribution is 7.18. The number of aromatic nitrogens is 2. The molecule has 0 aliphatic heterocycles. The molecule has 1 N–H and O–H groups in total. The predicted octanol–water partition coefficient (Wildman–Crippen LogP) is 4.92. The molecule has 0 saturated carbocycles. The lowest BCUT2D eigenvalue weighted by atomic mass is 10.2. The van der Waals surface area contributed by atoms with Crippen molar-refractivity contribution in [2.45, 2.75) is 33.4 Å². The van der Waals surface area contributed by atoms with Crippen LogP contribution in [-0.4, -0.2) is 21.6 Å². The third kappa shape index (κ3) is 4.15. The summed E-state index contributed by atoms with van der Waals surface area (Å²) in [5.74, 6) is 0.469. The van der Waals surface area contributed by atoms with Gasteiger partial charge in [0.1, 0.15) is 17.1 Å². The minimum atomic E-state index is -0.285. The van der Waals surface area contributed by atoms with Crippen LogP contribution in [0.15, 0.2) is 52.2 Å². The van der Waals surface area contributed by atoms with Gasteiger partial charge < -0.3 is 10.1 Å². The van der Waals surface area contributed by atoms with E-state index in [0.29, 0.717) is 15.9 Å². The van der Waals surface area contributed by atoms with Gasteiger partial charge in [0.2, 0.25) is 5.91 Å². The van der Waals surface area contributed by atoms with Crippen molar-refractivity contribution in [3.63, 3.8) is 0 Å². The van der Waals surface area contributed by atoms with Crippen LogP contribution in [0, 0.1) is 6.92 Å². The van der Waals surface area contributed by atoms with Gasteiger partial charge in [-0.1, -0.05) is 6.07 Å². The number of amides is 1. The Bertz CT molecular complexity index is 1260. The zero-order chi connectivity index (χ0) is 21.3. The Morgan fingerprint density at radius 1 is 1.27 bits per heavy atom. The standard InChI is InChI=1S/C22H21N3O3S2/c1-13(2)28-15-6-7-17(14(3)9-15)24-19(26)10-25-12-23-21-20(22(25)27)16(11-30-21)18-5-4-8-29-18/h4-9,11-13H,10H2,1-3H3,(H,24,26). The molecule has 0 atom stereocenters. The number of anilines is 1. The molecule has 1 aromatic carbocycles. The van der Waals surface area contributed by atoms with Gasteiger partial charge in [0.25, 0.3) is 5.56 Å². The Hall–Kier alpha value is -2.97. The van der Waals surface area contributed by atoms with Crippen LogP contribution < -0.4 is 15.6 Å². The van der Waals surface area contributed by atoms with Gasteiger partial charge in [0, 0.05) is 21.5 Å². The molecule has 0 aliphatic rings. The first-order chi connectivity index (χ1) is 14.4. The Labute approximate surface area is 181 Å². The molecule has 0 bridgehead atoms. The van der Waals surface area contributed by atoms with Gasteiger partial charge in [-0.3, -0.25) is 14.2 Å². The number of hydrogen-bond donors (Lipinski definition) is 1. The fourth-order valence-electron chi connectivity index (χ4n) is 3.16. The van der Waals surface area contributed by atoms with Gasteiger partial charge in [-0.15, -0.1) is 22.7 Å². The van der Waals surface area contributed by atoms with E-state index in [-0.39, 0.29) is 24.1 Å². The summed E-state index contributed by atoms with van der Waals surface area (Å²) in [5.41, 5.74) is 2.24. The molecule has 0 unspecified atom stereocenters. The largest absolute Gasteiger partial charge is 0.491 e. The first-order valence-electron chi connectivity index (χ1n) is 9.50. The number of thiophene rings is 2. The molecule has 0 spiro atoms. The van der Waals surface area contributed by atoms with Crippen molar-refractivity contribution in [1.29, 1.82) is 0 Å². The summed E-state index contributed by atoms with van der Waals surface area (Å²) in [6.07, 6.45) is 1.51. The second-order valence-electron chi connectivity index (χ2n) is 7.18. The number of nitrogens with zero attached hydrogens (tertiary/aromatic N) is 2. The van der Waals surface area contributed by atoms with Crippen molar-refractivity contribution in [3.8, 4) is 16.2 Å². The SMILES string of the molecule is Cc1cc(OC(C)C)ccc1NC(=O)Cn1cnc2scc(-c3cccs3)c2c1=O. The van der Waals surface area contributed by atoms with Gasteiger partial charge in [-0.25, -0.2) is 4.98 Å². The molecule has 0 fully saturated rings. The van der Waals surface area contributed by atoms with E-state index in [1.165, 1.54) is 22.2 Å². The summed E-state index contributed by atoms with van der Waals surface area (Å²) in [6, 6.07) is 9.44. The number of ether oxygens (including phenoxy) is 1. The highest BCUT2D eigenvalue weighted by Gasteiger charge is 2.15. The number of carbonyl (C=O) groups excluding carboxylic acids is 1. The third-order valence-electron chi connectivity index (χ3n) is 4.51. The van der Waals surface area contributed by atoms with Crippen LogP contribution >= 0.6 is 22.7 Å². The summed E-state index contributed by atoms with van der Waals surface area (Å²) in [7, 11) is 0. The molecule has 0 aliphatic carbocycles. The van der Waals surface area contributed by atoms with E-state index in [1.807, 2.05) is 61.9 Å². The fourth-order valence-corrected chi connectivity index (χ4v) is 4.88. The smallest absolute Gasteiger partial charge is 0.263 e. The van der Waals surface area contributed by atoms with Crippen molar-refractivity contribution in [1.82, 2.24) is 9.55 Å². The summed E-state index contributed by atoms with van der Waals surface area (Å²) in [4.78, 5) is 31.7. The lowest BCUT2D eigenvalue weighted by Crippen LogP contribution is -2.28. The normalized spacial score (nSPS) is 11.2. The molecule has 8 heteroatoms. The maximum atomic E-state index is 13.0. The highest BCUT2D eigenvalue weighted by Crippen LogP contribution is 2.33. The van der Waals surface area contributed by atoms with Crippen LogP contribution in [0.3, 0.4) is 0 Å². The van der Waals surface area contributed by atoms with Crippen molar-refractivity contribution >= 4 is 44.5 Å². The number of aryl methyl sites for hydroxylation is 1. The monoisotopic (exact) mass is 439 g/mol. The van der Waals surface area contributed by atoms with Crippen LogP contribution in [-0.2, 0) is 11.3 Å². The average Bonchev–Trinajstić information content (AvgIpc) is 3.35. The predicted molar refractivity (Wildman–Crippen MR) is 123 cm³/mol. The Morgan fingerprint density at radius 2 is 2.10 bits per heavy atom. The topological polar surface area (TPSA) is 73.2 Å². The molecule has 4 rings (SSSR count). The number of benzene rings is 1. The van der Waals surface area contributed by atoms with E-state index in [1.54, 1.807) is 11.3 Å². The van der Waals surface area contributed by atoms with Crippen molar-refractivity contribution < 1.29 is 9.53 Å². The first-order valence-corrected chi connectivity index (χ1v) is 11.3. The lowest BCUT2D eigenvalue weighted by Gasteiger charge is -2.13. The second-order valence-corrected chi connectivity index (χ2v) is 8.98. The van der Waals surface area contributed by atoms with Gasteiger partial charge in [0.05, 0.1) is 17.8 Å². The molecule has 1 amide bonds. The van der Waals surface area contributed by atoms with Crippen molar-refractivity contribution in [3.05, 3.63) is 63.3 Å². The zero-order valence-electron chi connectivity index (χ0n) is 16.8. The van der Waals surface area contributed by atoms with Crippen LogP contribution in [0.25, 0.3) is 20.7 Å². The van der Waals surface area contributed by atoms with Crippen LogP contribution in [0.4, 0.5) is 5.69 Å². The molecule has 0 radical (unpaired) electrons. The quantitative estimate of drug-likeness (QED) is 0.463. The molecule has 30 heavy (non-hydrogen) atoms. The summed E-state index contributed by atoms with van der Waals surface area (Å²) < 4.78 is 7.03. The van der Waals surface area contributed by atoms with Gasteiger partial charge >= 0.3 is 0 Å². The van der Waals surface area contributed by atoms with E-state index in [4.69, 9.17) is 4.74 Å². The number of nitrogens with one attached hydrogen (secondary N) is 1. The van der Waals surface area contributed by atoms with E-state index in [0.717, 1.165) is 21.8 Å². The van der Waals surface area contributed by atoms with Gasteiger partial charge in [0.15, 0.2) is 0 Å². The van der Waals surface area contributed by atoms with Crippen LogP contribution in [0.5, 0.6) is 5.75 Å². The molecule has 6 nitrogen and oxygen atoms in total. The lowest BCUT2D eigenvalue weighted by molar-refractivity contribution is -0.116. The molecule has 3 heterocycles. The molecular weight excluding hydrogens is 418 g/mol. The summed E-state index contributed by atoms with van der Waals surface area (Å²) >= 11 is 3.01. The minimum absolute atomic E-state index is 0.0790. The number of carbonyl (C=O) groups is 1. The Kier molecular flexibility index (Phi) is 5.69. The van der Waals surface area contributed by atoms with E-state index < -0.39 is 0 Å². The van der Waals surface area contributed by atoms with Crippen molar-refractivity contribution in [2.75, 3.05) is 5.32 Å². The summed E-state index contributed by atoms with van der Waals surface area (Å²) in [6.45, 7) is 5.72. The molecule has 3 aromatic heterocycles. The highest BCUT2D eigenvalue weighted by atomic mass is 32.1. The zero-order valence-corrected chi connectivity index (χ0v) is 18.5. The third-order valence-corrected chi connectivity index (χ3v) is 6.29. The number of rotatable bonds is 6. The van der Waals surface area contributed by atoms with Gasteiger partial charge in [-0.2, -0.15) is 0 Å². The minimum Gasteiger partial charge on any atom is -0.491 e. The first kappa shape index (κ1) is 20.3. The van der Waals surface area contributed by atoms with Crippen LogP contribution in [0.2, 0.25) is 0 Å². The fraction of sp³-hybridized carbons (Fsp3) is 0.227.